The molecule has 0 amide bonds. The summed E-state index contributed by atoms with van der Waals surface area (Å²) in [6, 6.07) is 14.8. The Morgan fingerprint density at radius 2 is 1.76 bits per heavy atom. The van der Waals surface area contributed by atoms with Crippen LogP contribution in [0.3, 0.4) is 0 Å². The Bertz CT molecular complexity index is 856. The van der Waals surface area contributed by atoms with Gasteiger partial charge in [0.2, 0.25) is 0 Å². The molecule has 1 aliphatic heterocycles. The highest BCUT2D eigenvalue weighted by Gasteiger charge is 2.21. The van der Waals surface area contributed by atoms with Crippen molar-refractivity contribution in [3.05, 3.63) is 82.4 Å². The average Bonchev–Trinajstić information content (AvgIpc) is 3.02. The van der Waals surface area contributed by atoms with Crippen molar-refractivity contribution < 1.29 is 19.1 Å². The standard InChI is InChI=1S/C21H18O4/c1-3-14-4-8-16(9-5-14)19-13-18(21(23)25-19)12-15-6-10-17(11-7-15)20(22)24-2/h4-13H,3H2,1-2H3/b18-12+. The molecular weight excluding hydrogens is 316 g/mol. The third-order valence-electron chi connectivity index (χ3n) is 4.03. The first-order chi connectivity index (χ1) is 12.1. The third-order valence-corrected chi connectivity index (χ3v) is 4.03. The van der Waals surface area contributed by atoms with E-state index in [-0.39, 0.29) is 5.97 Å². The van der Waals surface area contributed by atoms with Crippen LogP contribution in [0.4, 0.5) is 0 Å². The van der Waals surface area contributed by atoms with Gasteiger partial charge < -0.3 is 9.47 Å². The second-order valence-corrected chi connectivity index (χ2v) is 5.66. The normalized spacial score (nSPS) is 15.0. The van der Waals surface area contributed by atoms with E-state index in [0.29, 0.717) is 16.9 Å². The number of hydrogen-bond donors (Lipinski definition) is 0. The molecule has 126 valence electrons. The molecule has 0 N–H and O–H groups in total. The van der Waals surface area contributed by atoms with Crippen LogP contribution in [0.2, 0.25) is 0 Å². The first kappa shape index (κ1) is 16.7. The lowest BCUT2D eigenvalue weighted by Gasteiger charge is -2.02. The van der Waals surface area contributed by atoms with Crippen LogP contribution >= 0.6 is 0 Å². The maximum Gasteiger partial charge on any atom is 0.343 e. The number of ether oxygens (including phenoxy) is 2. The molecule has 0 saturated heterocycles. The van der Waals surface area contributed by atoms with Crippen LogP contribution in [0.25, 0.3) is 11.8 Å². The highest BCUT2D eigenvalue weighted by molar-refractivity contribution is 6.05. The van der Waals surface area contributed by atoms with Crippen molar-refractivity contribution >= 4 is 23.8 Å². The van der Waals surface area contributed by atoms with Crippen LogP contribution < -0.4 is 0 Å². The van der Waals surface area contributed by atoms with Gasteiger partial charge in [-0.3, -0.25) is 0 Å². The summed E-state index contributed by atoms with van der Waals surface area (Å²) in [5.41, 5.74) is 3.84. The number of benzene rings is 2. The van der Waals surface area contributed by atoms with Crippen molar-refractivity contribution in [2.75, 3.05) is 7.11 Å². The Balaban J connectivity index is 1.83. The molecule has 0 unspecified atom stereocenters. The summed E-state index contributed by atoms with van der Waals surface area (Å²) in [4.78, 5) is 23.5. The molecule has 0 bridgehead atoms. The van der Waals surface area contributed by atoms with Gasteiger partial charge in [-0.25, -0.2) is 9.59 Å². The highest BCUT2D eigenvalue weighted by atomic mass is 16.5. The number of carbonyl (C=O) groups is 2. The van der Waals surface area contributed by atoms with Gasteiger partial charge in [0.1, 0.15) is 5.76 Å². The SMILES string of the molecule is CCc1ccc(C2=C/C(=C\c3ccc(C(=O)OC)cc3)C(=O)O2)cc1. The fourth-order valence-corrected chi connectivity index (χ4v) is 2.55. The Morgan fingerprint density at radius 3 is 2.36 bits per heavy atom. The maximum atomic E-state index is 12.1. The molecule has 0 radical (unpaired) electrons. The number of esters is 2. The quantitative estimate of drug-likeness (QED) is 0.626. The van der Waals surface area contributed by atoms with Gasteiger partial charge in [-0.15, -0.1) is 0 Å². The first-order valence-corrected chi connectivity index (χ1v) is 8.04. The van der Waals surface area contributed by atoms with Gasteiger partial charge in [-0.1, -0.05) is 43.3 Å². The lowest BCUT2D eigenvalue weighted by molar-refractivity contribution is -0.130. The molecule has 0 saturated carbocycles. The Kier molecular flexibility index (Phi) is 4.80. The monoisotopic (exact) mass is 334 g/mol. The number of carbonyl (C=O) groups excluding carboxylic acids is 2. The molecule has 4 nitrogen and oxygen atoms in total. The predicted molar refractivity (Wildman–Crippen MR) is 95.6 cm³/mol. The topological polar surface area (TPSA) is 52.6 Å². The smallest absolute Gasteiger partial charge is 0.343 e. The number of rotatable bonds is 4. The zero-order chi connectivity index (χ0) is 17.8. The molecular formula is C21H18O4. The molecule has 0 aliphatic carbocycles. The molecule has 0 aromatic heterocycles. The van der Waals surface area contributed by atoms with E-state index in [1.165, 1.54) is 12.7 Å². The van der Waals surface area contributed by atoms with Crippen LogP contribution in [0.5, 0.6) is 0 Å². The molecule has 0 fully saturated rings. The van der Waals surface area contributed by atoms with Crippen LogP contribution in [0, 0.1) is 0 Å². The minimum Gasteiger partial charge on any atom is -0.465 e. The molecule has 2 aromatic rings. The number of cyclic esters (lactones) is 1. The number of hydrogen-bond acceptors (Lipinski definition) is 4. The molecule has 2 aromatic carbocycles. The summed E-state index contributed by atoms with van der Waals surface area (Å²) < 4.78 is 10.0. The molecule has 0 atom stereocenters. The zero-order valence-electron chi connectivity index (χ0n) is 14.1. The molecule has 1 aliphatic rings. The zero-order valence-corrected chi connectivity index (χ0v) is 14.1. The Morgan fingerprint density at radius 1 is 1.08 bits per heavy atom. The van der Waals surface area contributed by atoms with Crippen LogP contribution in [-0.4, -0.2) is 19.0 Å². The average molecular weight is 334 g/mol. The van der Waals surface area contributed by atoms with Crippen molar-refractivity contribution in [1.82, 2.24) is 0 Å². The second kappa shape index (κ2) is 7.18. The summed E-state index contributed by atoms with van der Waals surface area (Å²) in [5.74, 6) is -0.228. The van der Waals surface area contributed by atoms with Crippen LogP contribution in [-0.2, 0) is 20.7 Å². The maximum absolute atomic E-state index is 12.1. The molecule has 25 heavy (non-hydrogen) atoms. The van der Waals surface area contributed by atoms with Crippen molar-refractivity contribution in [1.29, 1.82) is 0 Å². The van der Waals surface area contributed by atoms with Gasteiger partial charge in [-0.05, 0) is 41.8 Å². The minimum atomic E-state index is -0.391. The number of aryl methyl sites for hydroxylation is 1. The van der Waals surface area contributed by atoms with Crippen molar-refractivity contribution in [2.24, 2.45) is 0 Å². The van der Waals surface area contributed by atoms with E-state index < -0.39 is 5.97 Å². The summed E-state index contributed by atoms with van der Waals surface area (Å²) in [7, 11) is 1.34. The van der Waals surface area contributed by atoms with E-state index in [9.17, 15) is 9.59 Å². The fraction of sp³-hybridized carbons (Fsp3) is 0.143. The van der Waals surface area contributed by atoms with Gasteiger partial charge in [0.15, 0.2) is 0 Å². The van der Waals surface area contributed by atoms with Crippen molar-refractivity contribution in [2.45, 2.75) is 13.3 Å². The van der Waals surface area contributed by atoms with Gasteiger partial charge in [0.25, 0.3) is 0 Å². The molecule has 4 heteroatoms. The van der Waals surface area contributed by atoms with E-state index in [1.54, 1.807) is 36.4 Å². The largest absolute Gasteiger partial charge is 0.465 e. The lowest BCUT2D eigenvalue weighted by Crippen LogP contribution is -2.00. The van der Waals surface area contributed by atoms with E-state index in [1.807, 2.05) is 24.3 Å². The highest BCUT2D eigenvalue weighted by Crippen LogP contribution is 2.27. The van der Waals surface area contributed by atoms with Gasteiger partial charge in [0.05, 0.1) is 18.2 Å². The van der Waals surface area contributed by atoms with E-state index >= 15 is 0 Å². The summed E-state index contributed by atoms with van der Waals surface area (Å²) >= 11 is 0. The predicted octanol–water partition coefficient (Wildman–Crippen LogP) is 4.02. The second-order valence-electron chi connectivity index (χ2n) is 5.66. The summed E-state index contributed by atoms with van der Waals surface area (Å²) in [5, 5.41) is 0. The first-order valence-electron chi connectivity index (χ1n) is 8.04. The minimum absolute atomic E-state index is 0.383. The van der Waals surface area contributed by atoms with Gasteiger partial charge in [0, 0.05) is 5.56 Å². The van der Waals surface area contributed by atoms with Gasteiger partial charge in [-0.2, -0.15) is 0 Å². The van der Waals surface area contributed by atoms with E-state index in [0.717, 1.165) is 17.5 Å². The lowest BCUT2D eigenvalue weighted by atomic mass is 10.1. The Labute approximate surface area is 146 Å². The number of methoxy groups -OCH3 is 1. The Hall–Kier alpha value is -3.14. The van der Waals surface area contributed by atoms with Crippen LogP contribution in [0.15, 0.2) is 60.2 Å². The summed E-state index contributed by atoms with van der Waals surface area (Å²) in [6.07, 6.45) is 4.43. The third kappa shape index (κ3) is 3.69. The molecule has 3 rings (SSSR count). The van der Waals surface area contributed by atoms with Crippen molar-refractivity contribution in [3.63, 3.8) is 0 Å². The summed E-state index contributed by atoms with van der Waals surface area (Å²) in [6.45, 7) is 2.09. The molecule has 0 spiro atoms. The van der Waals surface area contributed by atoms with Crippen molar-refractivity contribution in [3.8, 4) is 0 Å². The molecule has 1 heterocycles. The van der Waals surface area contributed by atoms with Crippen LogP contribution in [0.1, 0.15) is 34.0 Å². The fourth-order valence-electron chi connectivity index (χ4n) is 2.55. The van der Waals surface area contributed by atoms with E-state index in [4.69, 9.17) is 4.74 Å². The van der Waals surface area contributed by atoms with Gasteiger partial charge >= 0.3 is 11.9 Å². The van der Waals surface area contributed by atoms with E-state index in [2.05, 4.69) is 11.7 Å².